The zero-order valence-corrected chi connectivity index (χ0v) is 18.2. The van der Waals surface area contributed by atoms with E-state index in [-0.39, 0.29) is 18.2 Å². The molecule has 1 aliphatic heterocycles. The highest BCUT2D eigenvalue weighted by atomic mass is 16.6. The van der Waals surface area contributed by atoms with Gasteiger partial charge in [-0.2, -0.15) is 0 Å². The number of para-hydroxylation sites is 1. The van der Waals surface area contributed by atoms with Crippen LogP contribution in [0.15, 0.2) is 46.9 Å². The van der Waals surface area contributed by atoms with E-state index < -0.39 is 5.60 Å². The SMILES string of the molecule is Cc1ccc(CN(C(=O)Nc2ccccc2)C2CCN(C(=O)OC(C)(C)C)CC2)o1. The Labute approximate surface area is 178 Å². The van der Waals surface area contributed by atoms with Gasteiger partial charge in [0, 0.05) is 24.8 Å². The summed E-state index contributed by atoms with van der Waals surface area (Å²) in [6, 6.07) is 13.0. The topological polar surface area (TPSA) is 75.0 Å². The van der Waals surface area contributed by atoms with E-state index in [1.807, 2.05) is 70.2 Å². The summed E-state index contributed by atoms with van der Waals surface area (Å²) in [7, 11) is 0. The van der Waals surface area contributed by atoms with Crippen molar-refractivity contribution in [2.45, 2.75) is 58.7 Å². The number of hydrogen-bond acceptors (Lipinski definition) is 4. The molecule has 3 rings (SSSR count). The van der Waals surface area contributed by atoms with Crippen LogP contribution >= 0.6 is 0 Å². The van der Waals surface area contributed by atoms with Gasteiger partial charge in [0.1, 0.15) is 17.1 Å². The van der Waals surface area contributed by atoms with Gasteiger partial charge in [0.15, 0.2) is 0 Å². The van der Waals surface area contributed by atoms with Crippen molar-refractivity contribution in [3.63, 3.8) is 0 Å². The van der Waals surface area contributed by atoms with Gasteiger partial charge < -0.3 is 24.3 Å². The van der Waals surface area contributed by atoms with Gasteiger partial charge in [-0.1, -0.05) is 18.2 Å². The summed E-state index contributed by atoms with van der Waals surface area (Å²) < 4.78 is 11.2. The van der Waals surface area contributed by atoms with Gasteiger partial charge in [-0.3, -0.25) is 0 Å². The molecule has 0 aliphatic carbocycles. The normalized spacial score (nSPS) is 15.0. The second-order valence-corrected chi connectivity index (χ2v) is 8.64. The van der Waals surface area contributed by atoms with Crippen molar-refractivity contribution >= 4 is 17.8 Å². The number of anilines is 1. The highest BCUT2D eigenvalue weighted by Crippen LogP contribution is 2.23. The third kappa shape index (κ3) is 6.02. The summed E-state index contributed by atoms with van der Waals surface area (Å²) in [4.78, 5) is 29.0. The number of piperidine rings is 1. The van der Waals surface area contributed by atoms with E-state index in [4.69, 9.17) is 9.15 Å². The maximum absolute atomic E-state index is 13.1. The van der Waals surface area contributed by atoms with Gasteiger partial charge in [0.05, 0.1) is 6.54 Å². The first-order chi connectivity index (χ1) is 14.2. The summed E-state index contributed by atoms with van der Waals surface area (Å²) in [6.45, 7) is 8.94. The molecule has 1 aliphatic rings. The first-order valence-corrected chi connectivity index (χ1v) is 10.4. The molecule has 0 unspecified atom stereocenters. The summed E-state index contributed by atoms with van der Waals surface area (Å²) in [5.41, 5.74) is 0.224. The fraction of sp³-hybridized carbons (Fsp3) is 0.478. The molecule has 7 nitrogen and oxygen atoms in total. The fourth-order valence-corrected chi connectivity index (χ4v) is 3.51. The Morgan fingerprint density at radius 2 is 1.80 bits per heavy atom. The molecule has 0 bridgehead atoms. The molecule has 0 saturated carbocycles. The van der Waals surface area contributed by atoms with Crippen LogP contribution in [0.4, 0.5) is 15.3 Å². The van der Waals surface area contributed by atoms with Crippen LogP contribution in [-0.4, -0.2) is 46.7 Å². The quantitative estimate of drug-likeness (QED) is 0.763. The molecule has 162 valence electrons. The van der Waals surface area contributed by atoms with Gasteiger partial charge in [-0.05, 0) is 64.8 Å². The molecular weight excluding hydrogens is 382 g/mol. The Kier molecular flexibility index (Phi) is 6.70. The van der Waals surface area contributed by atoms with Crippen molar-refractivity contribution in [2.75, 3.05) is 18.4 Å². The van der Waals surface area contributed by atoms with Crippen molar-refractivity contribution < 1.29 is 18.7 Å². The van der Waals surface area contributed by atoms with Crippen molar-refractivity contribution in [3.8, 4) is 0 Å². The van der Waals surface area contributed by atoms with Crippen molar-refractivity contribution in [1.29, 1.82) is 0 Å². The van der Waals surface area contributed by atoms with Crippen LogP contribution < -0.4 is 5.32 Å². The predicted molar refractivity (Wildman–Crippen MR) is 115 cm³/mol. The average Bonchev–Trinajstić information content (AvgIpc) is 3.10. The first-order valence-electron chi connectivity index (χ1n) is 10.4. The van der Waals surface area contributed by atoms with Gasteiger partial charge in [0.25, 0.3) is 0 Å². The lowest BCUT2D eigenvalue weighted by Crippen LogP contribution is -2.50. The van der Waals surface area contributed by atoms with Crippen LogP contribution in [-0.2, 0) is 11.3 Å². The lowest BCUT2D eigenvalue weighted by molar-refractivity contribution is 0.0161. The molecule has 1 N–H and O–H groups in total. The molecule has 0 atom stereocenters. The summed E-state index contributed by atoms with van der Waals surface area (Å²) in [5, 5.41) is 2.97. The Morgan fingerprint density at radius 3 is 2.37 bits per heavy atom. The smallest absolute Gasteiger partial charge is 0.410 e. The number of amides is 3. The number of nitrogens with zero attached hydrogens (tertiary/aromatic N) is 2. The number of likely N-dealkylation sites (tertiary alicyclic amines) is 1. The number of rotatable bonds is 4. The molecule has 2 aromatic rings. The van der Waals surface area contributed by atoms with Gasteiger partial charge in [0.2, 0.25) is 0 Å². The largest absolute Gasteiger partial charge is 0.464 e. The molecule has 1 saturated heterocycles. The molecule has 3 amide bonds. The third-order valence-electron chi connectivity index (χ3n) is 4.97. The monoisotopic (exact) mass is 413 g/mol. The molecule has 30 heavy (non-hydrogen) atoms. The molecule has 7 heteroatoms. The number of nitrogens with one attached hydrogen (secondary N) is 1. The minimum atomic E-state index is -0.521. The van der Waals surface area contributed by atoms with E-state index in [2.05, 4.69) is 5.32 Å². The van der Waals surface area contributed by atoms with E-state index in [1.165, 1.54) is 0 Å². The number of aryl methyl sites for hydroxylation is 1. The number of furan rings is 1. The van der Waals surface area contributed by atoms with Crippen LogP contribution in [0, 0.1) is 6.92 Å². The highest BCUT2D eigenvalue weighted by Gasteiger charge is 2.32. The van der Waals surface area contributed by atoms with Gasteiger partial charge in [-0.25, -0.2) is 9.59 Å². The number of urea groups is 1. The average molecular weight is 414 g/mol. The molecule has 2 heterocycles. The third-order valence-corrected chi connectivity index (χ3v) is 4.97. The van der Waals surface area contributed by atoms with Crippen LogP contribution in [0.3, 0.4) is 0 Å². The minimum absolute atomic E-state index is 0.00203. The zero-order chi connectivity index (χ0) is 21.7. The van der Waals surface area contributed by atoms with Crippen LogP contribution in [0.1, 0.15) is 45.1 Å². The second kappa shape index (κ2) is 9.24. The van der Waals surface area contributed by atoms with E-state index >= 15 is 0 Å². The number of benzene rings is 1. The fourth-order valence-electron chi connectivity index (χ4n) is 3.51. The number of carbonyl (C=O) groups is 2. The number of carbonyl (C=O) groups excluding carboxylic acids is 2. The summed E-state index contributed by atoms with van der Waals surface area (Å²) in [5.74, 6) is 1.55. The van der Waals surface area contributed by atoms with Crippen LogP contribution in [0.2, 0.25) is 0 Å². The van der Waals surface area contributed by atoms with Crippen molar-refractivity contribution in [2.24, 2.45) is 0 Å². The summed E-state index contributed by atoms with van der Waals surface area (Å²) >= 11 is 0. The number of hydrogen-bond donors (Lipinski definition) is 1. The maximum Gasteiger partial charge on any atom is 0.410 e. The van der Waals surface area contributed by atoms with Gasteiger partial charge >= 0.3 is 12.1 Å². The molecule has 1 fully saturated rings. The predicted octanol–water partition coefficient (Wildman–Crippen LogP) is 5.02. The number of ether oxygens (including phenoxy) is 1. The van der Waals surface area contributed by atoms with Crippen LogP contribution in [0.25, 0.3) is 0 Å². The Bertz CT molecular complexity index is 849. The summed E-state index contributed by atoms with van der Waals surface area (Å²) in [6.07, 6.45) is 1.06. The molecule has 0 radical (unpaired) electrons. The van der Waals surface area contributed by atoms with Crippen LogP contribution in [0.5, 0.6) is 0 Å². The Balaban J connectivity index is 1.68. The van der Waals surface area contributed by atoms with E-state index in [0.717, 1.165) is 17.2 Å². The maximum atomic E-state index is 13.1. The van der Waals surface area contributed by atoms with E-state index in [0.29, 0.717) is 32.5 Å². The molecule has 0 spiro atoms. The van der Waals surface area contributed by atoms with Crippen molar-refractivity contribution in [1.82, 2.24) is 9.80 Å². The lowest BCUT2D eigenvalue weighted by Gasteiger charge is -2.38. The molecular formula is C23H31N3O4. The minimum Gasteiger partial charge on any atom is -0.464 e. The van der Waals surface area contributed by atoms with Gasteiger partial charge in [-0.15, -0.1) is 0 Å². The highest BCUT2D eigenvalue weighted by molar-refractivity contribution is 5.89. The standard InChI is InChI=1S/C23H31N3O4/c1-17-10-11-20(29-17)16-26(21(27)24-18-8-6-5-7-9-18)19-12-14-25(15-13-19)22(28)30-23(2,3)4/h5-11,19H,12-16H2,1-4H3,(H,24,27). The lowest BCUT2D eigenvalue weighted by atomic mass is 10.0. The van der Waals surface area contributed by atoms with E-state index in [1.54, 1.807) is 9.80 Å². The first kappa shape index (κ1) is 21.7. The second-order valence-electron chi connectivity index (χ2n) is 8.64. The Hall–Kier alpha value is -2.96. The molecule has 1 aromatic heterocycles. The van der Waals surface area contributed by atoms with E-state index in [9.17, 15) is 9.59 Å². The molecule has 1 aromatic carbocycles. The zero-order valence-electron chi connectivity index (χ0n) is 18.2. The Morgan fingerprint density at radius 1 is 1.13 bits per heavy atom. The van der Waals surface area contributed by atoms with Crippen molar-refractivity contribution in [3.05, 3.63) is 54.0 Å².